The SMILES string of the molecule is C=CCN(Cc1cccn1Cc1ccccc1Cl)C(=O)CCl. The molecule has 5 heteroatoms. The largest absolute Gasteiger partial charge is 0.345 e. The van der Waals surface area contributed by atoms with Crippen molar-refractivity contribution in [3.05, 3.63) is 71.5 Å². The number of carbonyl (C=O) groups excluding carboxylic acids is 1. The molecule has 0 spiro atoms. The molecule has 0 aliphatic rings. The molecule has 1 aromatic heterocycles. The molecule has 0 aliphatic heterocycles. The highest BCUT2D eigenvalue weighted by Crippen LogP contribution is 2.18. The molecule has 116 valence electrons. The summed E-state index contributed by atoms with van der Waals surface area (Å²) in [5.74, 6) is -0.133. The van der Waals surface area contributed by atoms with Gasteiger partial charge in [-0.15, -0.1) is 18.2 Å². The molecule has 1 heterocycles. The fourth-order valence-corrected chi connectivity index (χ4v) is 2.61. The van der Waals surface area contributed by atoms with Gasteiger partial charge in [0.05, 0.1) is 6.54 Å². The number of carbonyl (C=O) groups is 1. The third-order valence-corrected chi connectivity index (χ3v) is 3.99. The quantitative estimate of drug-likeness (QED) is 0.555. The first-order valence-electron chi connectivity index (χ1n) is 6.97. The number of benzene rings is 1. The Balaban J connectivity index is 2.16. The minimum absolute atomic E-state index is 0.0287. The Bertz CT molecular complexity index is 652. The summed E-state index contributed by atoms with van der Waals surface area (Å²) in [5.41, 5.74) is 2.07. The van der Waals surface area contributed by atoms with E-state index in [1.165, 1.54) is 0 Å². The number of aromatic nitrogens is 1. The Morgan fingerprint density at radius 2 is 2.05 bits per heavy atom. The molecule has 0 saturated heterocycles. The fourth-order valence-electron chi connectivity index (χ4n) is 2.25. The maximum absolute atomic E-state index is 11.9. The fraction of sp³-hybridized carbons (Fsp3) is 0.235. The second-order valence-electron chi connectivity index (χ2n) is 4.92. The summed E-state index contributed by atoms with van der Waals surface area (Å²) in [6.45, 7) is 5.32. The molecule has 0 bridgehead atoms. The number of hydrogen-bond acceptors (Lipinski definition) is 1. The van der Waals surface area contributed by atoms with Gasteiger partial charge in [-0.05, 0) is 23.8 Å². The van der Waals surface area contributed by atoms with Crippen LogP contribution in [0.1, 0.15) is 11.3 Å². The van der Waals surface area contributed by atoms with Crippen LogP contribution >= 0.6 is 23.2 Å². The third-order valence-electron chi connectivity index (χ3n) is 3.39. The molecule has 0 radical (unpaired) electrons. The third kappa shape index (κ3) is 4.15. The van der Waals surface area contributed by atoms with E-state index in [-0.39, 0.29) is 11.8 Å². The van der Waals surface area contributed by atoms with Gasteiger partial charge in [0.15, 0.2) is 0 Å². The Hall–Kier alpha value is -1.71. The summed E-state index contributed by atoms with van der Waals surface area (Å²) in [7, 11) is 0. The maximum atomic E-state index is 11.9. The average molecular weight is 337 g/mol. The van der Waals surface area contributed by atoms with Crippen LogP contribution < -0.4 is 0 Å². The van der Waals surface area contributed by atoms with E-state index in [9.17, 15) is 4.79 Å². The van der Waals surface area contributed by atoms with Gasteiger partial charge in [-0.3, -0.25) is 4.79 Å². The molecule has 2 aromatic rings. The van der Waals surface area contributed by atoms with Crippen LogP contribution in [0.15, 0.2) is 55.3 Å². The lowest BCUT2D eigenvalue weighted by atomic mass is 10.2. The molecule has 0 saturated carbocycles. The van der Waals surface area contributed by atoms with Crippen LogP contribution in [0.2, 0.25) is 5.02 Å². The smallest absolute Gasteiger partial charge is 0.238 e. The summed E-state index contributed by atoms with van der Waals surface area (Å²) in [5, 5.41) is 0.738. The van der Waals surface area contributed by atoms with Gasteiger partial charge in [-0.1, -0.05) is 35.9 Å². The lowest BCUT2D eigenvalue weighted by Gasteiger charge is -2.21. The van der Waals surface area contributed by atoms with Crippen molar-refractivity contribution in [3.8, 4) is 0 Å². The number of halogens is 2. The monoisotopic (exact) mass is 336 g/mol. The molecular weight excluding hydrogens is 319 g/mol. The van der Waals surface area contributed by atoms with Gasteiger partial charge in [0, 0.05) is 30.0 Å². The van der Waals surface area contributed by atoms with Crippen LogP contribution in [0.3, 0.4) is 0 Å². The molecule has 22 heavy (non-hydrogen) atoms. The highest BCUT2D eigenvalue weighted by Gasteiger charge is 2.13. The second kappa shape index (κ2) is 8.06. The molecule has 1 aromatic carbocycles. The lowest BCUT2D eigenvalue weighted by molar-refractivity contribution is -0.128. The molecule has 3 nitrogen and oxygen atoms in total. The summed E-state index contributed by atoms with van der Waals surface area (Å²) in [4.78, 5) is 13.5. The normalized spacial score (nSPS) is 10.5. The van der Waals surface area contributed by atoms with E-state index in [0.717, 1.165) is 16.3 Å². The van der Waals surface area contributed by atoms with Crippen molar-refractivity contribution in [2.45, 2.75) is 13.1 Å². The number of hydrogen-bond donors (Lipinski definition) is 0. The highest BCUT2D eigenvalue weighted by atomic mass is 35.5. The minimum atomic E-state index is -0.105. The van der Waals surface area contributed by atoms with Crippen molar-refractivity contribution in [1.29, 1.82) is 0 Å². The van der Waals surface area contributed by atoms with E-state index in [1.807, 2.05) is 42.6 Å². The Kier molecular flexibility index (Phi) is 6.10. The summed E-state index contributed by atoms with van der Waals surface area (Å²) in [6, 6.07) is 11.7. The van der Waals surface area contributed by atoms with E-state index in [4.69, 9.17) is 23.2 Å². The zero-order valence-electron chi connectivity index (χ0n) is 12.2. The summed E-state index contributed by atoms with van der Waals surface area (Å²) >= 11 is 11.9. The van der Waals surface area contributed by atoms with Crippen LogP contribution in [0, 0.1) is 0 Å². The molecule has 0 N–H and O–H groups in total. The Morgan fingerprint density at radius 1 is 1.27 bits per heavy atom. The van der Waals surface area contributed by atoms with Crippen molar-refractivity contribution in [3.63, 3.8) is 0 Å². The highest BCUT2D eigenvalue weighted by molar-refractivity contribution is 6.31. The van der Waals surface area contributed by atoms with Crippen LogP contribution in [0.5, 0.6) is 0 Å². The van der Waals surface area contributed by atoms with Gasteiger partial charge in [0.2, 0.25) is 5.91 Å². The molecule has 1 amide bonds. The van der Waals surface area contributed by atoms with E-state index < -0.39 is 0 Å². The van der Waals surface area contributed by atoms with Crippen LogP contribution in [-0.4, -0.2) is 27.8 Å². The van der Waals surface area contributed by atoms with Crippen molar-refractivity contribution in [1.82, 2.24) is 9.47 Å². The van der Waals surface area contributed by atoms with Crippen molar-refractivity contribution >= 4 is 29.1 Å². The summed E-state index contributed by atoms with van der Waals surface area (Å²) in [6.07, 6.45) is 3.68. The minimum Gasteiger partial charge on any atom is -0.345 e. The van der Waals surface area contributed by atoms with Gasteiger partial charge in [0.25, 0.3) is 0 Å². The van der Waals surface area contributed by atoms with Crippen molar-refractivity contribution < 1.29 is 4.79 Å². The topological polar surface area (TPSA) is 25.2 Å². The average Bonchev–Trinajstić information content (AvgIpc) is 2.95. The van der Waals surface area contributed by atoms with Gasteiger partial charge in [-0.2, -0.15) is 0 Å². The lowest BCUT2D eigenvalue weighted by Crippen LogP contribution is -2.32. The number of rotatable bonds is 7. The van der Waals surface area contributed by atoms with Crippen molar-refractivity contribution in [2.24, 2.45) is 0 Å². The zero-order chi connectivity index (χ0) is 15.9. The van der Waals surface area contributed by atoms with Gasteiger partial charge in [-0.25, -0.2) is 0 Å². The number of alkyl halides is 1. The van der Waals surface area contributed by atoms with E-state index >= 15 is 0 Å². The predicted octanol–water partition coefficient (Wildman–Crippen LogP) is 3.94. The van der Waals surface area contributed by atoms with Gasteiger partial charge in [0.1, 0.15) is 5.88 Å². The predicted molar refractivity (Wildman–Crippen MR) is 91.3 cm³/mol. The van der Waals surface area contributed by atoms with E-state index in [1.54, 1.807) is 11.0 Å². The number of nitrogens with zero attached hydrogens (tertiary/aromatic N) is 2. The zero-order valence-corrected chi connectivity index (χ0v) is 13.7. The molecule has 0 atom stereocenters. The first kappa shape index (κ1) is 16.7. The molecule has 0 aliphatic carbocycles. The standard InChI is InChI=1S/C17H18Cl2N2O/c1-2-9-21(17(22)11-18)13-15-7-5-10-20(15)12-14-6-3-4-8-16(14)19/h2-8,10H,1,9,11-13H2. The Morgan fingerprint density at radius 3 is 2.73 bits per heavy atom. The number of amides is 1. The molecule has 0 unspecified atom stereocenters. The molecule has 2 rings (SSSR count). The molecule has 0 fully saturated rings. The van der Waals surface area contributed by atoms with Crippen LogP contribution in [0.4, 0.5) is 0 Å². The summed E-state index contributed by atoms with van der Waals surface area (Å²) < 4.78 is 2.08. The van der Waals surface area contributed by atoms with E-state index in [0.29, 0.717) is 19.6 Å². The van der Waals surface area contributed by atoms with Crippen LogP contribution in [-0.2, 0) is 17.9 Å². The van der Waals surface area contributed by atoms with Gasteiger partial charge < -0.3 is 9.47 Å². The Labute approximate surface area is 140 Å². The van der Waals surface area contributed by atoms with E-state index in [2.05, 4.69) is 11.1 Å². The van der Waals surface area contributed by atoms with Crippen LogP contribution in [0.25, 0.3) is 0 Å². The maximum Gasteiger partial charge on any atom is 0.238 e. The second-order valence-corrected chi connectivity index (χ2v) is 5.59. The first-order valence-corrected chi connectivity index (χ1v) is 7.89. The molecular formula is C17H18Cl2N2O. The van der Waals surface area contributed by atoms with Gasteiger partial charge >= 0.3 is 0 Å². The van der Waals surface area contributed by atoms with Crippen molar-refractivity contribution in [2.75, 3.05) is 12.4 Å². The first-order chi connectivity index (χ1) is 10.7.